The van der Waals surface area contributed by atoms with Crippen LogP contribution >= 0.6 is 27.3 Å². The number of amides is 1. The fourth-order valence-corrected chi connectivity index (χ4v) is 2.60. The predicted octanol–water partition coefficient (Wildman–Crippen LogP) is 3.58. The lowest BCUT2D eigenvalue weighted by Gasteiger charge is -2.01. The monoisotopic (exact) mass is 322 g/mol. The van der Waals surface area contributed by atoms with Gasteiger partial charge in [-0.1, -0.05) is 12.1 Å². The van der Waals surface area contributed by atoms with Crippen LogP contribution in [0.15, 0.2) is 46.0 Å². The number of rotatable bonds is 3. The average Bonchev–Trinajstić information content (AvgIpc) is 2.75. The SMILES string of the molecule is Cc1ccc(/C=N/NC(=O)c2ccccc2Br)s1. The Kier molecular flexibility index (Phi) is 4.28. The van der Waals surface area contributed by atoms with Gasteiger partial charge in [0.1, 0.15) is 0 Å². The number of hydrogen-bond acceptors (Lipinski definition) is 3. The number of aryl methyl sites for hydroxylation is 1. The lowest BCUT2D eigenvalue weighted by atomic mass is 10.2. The summed E-state index contributed by atoms with van der Waals surface area (Å²) in [6, 6.07) is 11.2. The van der Waals surface area contributed by atoms with Crippen LogP contribution in [0.4, 0.5) is 0 Å². The standard InChI is InChI=1S/C13H11BrN2OS/c1-9-6-7-10(18-9)8-15-16-13(17)11-4-2-3-5-12(11)14/h2-8H,1H3,(H,16,17)/b15-8+. The lowest BCUT2D eigenvalue weighted by molar-refractivity contribution is 0.0954. The van der Waals surface area contributed by atoms with E-state index >= 15 is 0 Å². The average molecular weight is 323 g/mol. The molecule has 0 bridgehead atoms. The molecule has 0 aliphatic carbocycles. The molecular weight excluding hydrogens is 312 g/mol. The Balaban J connectivity index is 2.01. The maximum Gasteiger partial charge on any atom is 0.272 e. The van der Waals surface area contributed by atoms with Gasteiger partial charge in [0.2, 0.25) is 0 Å². The Labute approximate surface area is 118 Å². The maximum atomic E-state index is 11.8. The van der Waals surface area contributed by atoms with E-state index in [2.05, 4.69) is 26.5 Å². The van der Waals surface area contributed by atoms with Crippen LogP contribution in [0, 0.1) is 6.92 Å². The molecular formula is C13H11BrN2OS. The van der Waals surface area contributed by atoms with E-state index in [1.54, 1.807) is 23.6 Å². The molecule has 1 aromatic heterocycles. The Bertz CT molecular complexity index is 592. The van der Waals surface area contributed by atoms with Crippen LogP contribution in [-0.2, 0) is 0 Å². The fourth-order valence-electron chi connectivity index (χ4n) is 1.38. The zero-order valence-corrected chi connectivity index (χ0v) is 12.1. The van der Waals surface area contributed by atoms with E-state index < -0.39 is 0 Å². The molecule has 0 fully saturated rings. The third-order valence-corrected chi connectivity index (χ3v) is 3.86. The summed E-state index contributed by atoms with van der Waals surface area (Å²) >= 11 is 4.95. The molecule has 2 aromatic rings. The van der Waals surface area contributed by atoms with Gasteiger partial charge in [0.25, 0.3) is 5.91 Å². The van der Waals surface area contributed by atoms with Gasteiger partial charge in [0.05, 0.1) is 11.8 Å². The molecule has 3 nitrogen and oxygen atoms in total. The highest BCUT2D eigenvalue weighted by Crippen LogP contribution is 2.15. The van der Waals surface area contributed by atoms with E-state index in [0.717, 1.165) is 9.35 Å². The van der Waals surface area contributed by atoms with Crippen LogP contribution in [0.25, 0.3) is 0 Å². The van der Waals surface area contributed by atoms with E-state index in [1.165, 1.54) is 4.88 Å². The van der Waals surface area contributed by atoms with Gasteiger partial charge in [-0.25, -0.2) is 5.43 Å². The highest BCUT2D eigenvalue weighted by molar-refractivity contribution is 9.10. The number of hydrogen-bond donors (Lipinski definition) is 1. The second-order valence-corrected chi connectivity index (χ2v) is 5.80. The molecule has 0 saturated heterocycles. The molecule has 0 unspecified atom stereocenters. The number of carbonyl (C=O) groups is 1. The van der Waals surface area contributed by atoms with Crippen molar-refractivity contribution < 1.29 is 4.79 Å². The first kappa shape index (κ1) is 13.0. The molecule has 2 rings (SSSR count). The molecule has 0 aliphatic heterocycles. The van der Waals surface area contributed by atoms with Gasteiger partial charge < -0.3 is 0 Å². The van der Waals surface area contributed by atoms with Gasteiger partial charge in [0, 0.05) is 14.2 Å². The van der Waals surface area contributed by atoms with Crippen molar-refractivity contribution in [2.75, 3.05) is 0 Å². The topological polar surface area (TPSA) is 41.5 Å². The molecule has 5 heteroatoms. The van der Waals surface area contributed by atoms with Gasteiger partial charge in [-0.2, -0.15) is 5.10 Å². The highest BCUT2D eigenvalue weighted by atomic mass is 79.9. The van der Waals surface area contributed by atoms with E-state index in [9.17, 15) is 4.79 Å². The van der Waals surface area contributed by atoms with Crippen LogP contribution in [0.3, 0.4) is 0 Å². The van der Waals surface area contributed by atoms with E-state index in [0.29, 0.717) is 5.56 Å². The zero-order valence-electron chi connectivity index (χ0n) is 9.68. The van der Waals surface area contributed by atoms with Gasteiger partial charge in [0.15, 0.2) is 0 Å². The number of hydrazone groups is 1. The number of benzene rings is 1. The summed E-state index contributed by atoms with van der Waals surface area (Å²) in [5.74, 6) is -0.230. The van der Waals surface area contributed by atoms with Crippen molar-refractivity contribution >= 4 is 39.4 Å². The van der Waals surface area contributed by atoms with Crippen LogP contribution in [0.1, 0.15) is 20.1 Å². The molecule has 18 heavy (non-hydrogen) atoms. The summed E-state index contributed by atoms with van der Waals surface area (Å²) in [6.07, 6.45) is 1.65. The smallest absolute Gasteiger partial charge is 0.267 e. The van der Waals surface area contributed by atoms with E-state index in [-0.39, 0.29) is 5.91 Å². The summed E-state index contributed by atoms with van der Waals surface area (Å²) in [6.45, 7) is 2.03. The summed E-state index contributed by atoms with van der Waals surface area (Å²) in [4.78, 5) is 14.0. The summed E-state index contributed by atoms with van der Waals surface area (Å²) < 4.78 is 0.754. The number of nitrogens with zero attached hydrogens (tertiary/aromatic N) is 1. The van der Waals surface area contributed by atoms with Gasteiger partial charge in [-0.15, -0.1) is 11.3 Å². The second kappa shape index (κ2) is 5.93. The summed E-state index contributed by atoms with van der Waals surface area (Å²) in [7, 11) is 0. The minimum absolute atomic E-state index is 0.230. The van der Waals surface area contributed by atoms with Crippen LogP contribution in [-0.4, -0.2) is 12.1 Å². The number of thiophene rings is 1. The van der Waals surface area contributed by atoms with Crippen LogP contribution < -0.4 is 5.43 Å². The zero-order chi connectivity index (χ0) is 13.0. The first-order chi connectivity index (χ1) is 8.66. The normalized spacial score (nSPS) is 10.8. The van der Waals surface area contributed by atoms with Crippen molar-refractivity contribution in [1.82, 2.24) is 5.43 Å². The fraction of sp³-hybridized carbons (Fsp3) is 0.0769. The number of halogens is 1. The Morgan fingerprint density at radius 3 is 2.78 bits per heavy atom. The maximum absolute atomic E-state index is 11.8. The molecule has 1 heterocycles. The predicted molar refractivity (Wildman–Crippen MR) is 78.3 cm³/mol. The number of carbonyl (C=O) groups excluding carboxylic acids is 1. The first-order valence-electron chi connectivity index (χ1n) is 5.31. The number of nitrogens with one attached hydrogen (secondary N) is 1. The first-order valence-corrected chi connectivity index (χ1v) is 6.92. The Hall–Kier alpha value is -1.46. The third-order valence-electron chi connectivity index (χ3n) is 2.24. The Morgan fingerprint density at radius 1 is 1.33 bits per heavy atom. The van der Waals surface area contributed by atoms with Crippen molar-refractivity contribution in [3.05, 3.63) is 56.2 Å². The second-order valence-electron chi connectivity index (χ2n) is 3.63. The van der Waals surface area contributed by atoms with Crippen LogP contribution in [0.2, 0.25) is 0 Å². The molecule has 1 aromatic carbocycles. The molecule has 0 saturated carbocycles. The van der Waals surface area contributed by atoms with Gasteiger partial charge in [-0.3, -0.25) is 4.79 Å². The quantitative estimate of drug-likeness (QED) is 0.681. The minimum Gasteiger partial charge on any atom is -0.267 e. The van der Waals surface area contributed by atoms with Crippen molar-refractivity contribution in [3.63, 3.8) is 0 Å². The van der Waals surface area contributed by atoms with Gasteiger partial charge in [-0.05, 0) is 47.1 Å². The van der Waals surface area contributed by atoms with Gasteiger partial charge >= 0.3 is 0 Å². The summed E-state index contributed by atoms with van der Waals surface area (Å²) in [5, 5.41) is 3.94. The Morgan fingerprint density at radius 2 is 2.11 bits per heavy atom. The molecule has 1 amide bonds. The van der Waals surface area contributed by atoms with Crippen molar-refractivity contribution in [1.29, 1.82) is 0 Å². The highest BCUT2D eigenvalue weighted by Gasteiger charge is 2.07. The lowest BCUT2D eigenvalue weighted by Crippen LogP contribution is -2.17. The van der Waals surface area contributed by atoms with E-state index in [1.807, 2.05) is 37.3 Å². The van der Waals surface area contributed by atoms with Crippen LogP contribution in [0.5, 0.6) is 0 Å². The molecule has 0 radical (unpaired) electrons. The molecule has 1 N–H and O–H groups in total. The third kappa shape index (κ3) is 3.27. The molecule has 0 atom stereocenters. The van der Waals surface area contributed by atoms with E-state index in [4.69, 9.17) is 0 Å². The minimum atomic E-state index is -0.230. The van der Waals surface area contributed by atoms with Crippen molar-refractivity contribution in [2.24, 2.45) is 5.10 Å². The summed E-state index contributed by atoms with van der Waals surface area (Å²) in [5.41, 5.74) is 3.07. The molecule has 0 spiro atoms. The largest absolute Gasteiger partial charge is 0.272 e. The molecule has 92 valence electrons. The van der Waals surface area contributed by atoms with Crippen molar-refractivity contribution in [2.45, 2.75) is 6.92 Å². The van der Waals surface area contributed by atoms with Crippen molar-refractivity contribution in [3.8, 4) is 0 Å². The molecule has 0 aliphatic rings.